The summed E-state index contributed by atoms with van der Waals surface area (Å²) in [4.78, 5) is 23.9. The number of carbonyl (C=O) groups excluding carboxylic acids is 1. The van der Waals surface area contributed by atoms with E-state index in [1.807, 2.05) is 4.90 Å². The molecule has 1 aliphatic heterocycles. The van der Waals surface area contributed by atoms with Gasteiger partial charge >= 0.3 is 0 Å². The fourth-order valence-electron chi connectivity index (χ4n) is 2.09. The van der Waals surface area contributed by atoms with Crippen LogP contribution in [0.3, 0.4) is 0 Å². The highest BCUT2D eigenvalue weighted by molar-refractivity contribution is 5.94. The van der Waals surface area contributed by atoms with Crippen LogP contribution < -0.4 is 5.32 Å². The van der Waals surface area contributed by atoms with Gasteiger partial charge in [0.1, 0.15) is 5.69 Å². The summed E-state index contributed by atoms with van der Waals surface area (Å²) in [6.45, 7) is 1.25. The van der Waals surface area contributed by atoms with Crippen LogP contribution in [0.25, 0.3) is 0 Å². The van der Waals surface area contributed by atoms with E-state index in [4.69, 9.17) is 0 Å². The molecule has 102 valence electrons. The van der Waals surface area contributed by atoms with Gasteiger partial charge in [0.2, 0.25) is 5.91 Å². The second-order valence-corrected chi connectivity index (χ2v) is 4.50. The van der Waals surface area contributed by atoms with E-state index in [1.54, 1.807) is 12.1 Å². The molecular formula is C12H15N3O4. The van der Waals surface area contributed by atoms with Crippen LogP contribution in [0.5, 0.6) is 0 Å². The summed E-state index contributed by atoms with van der Waals surface area (Å²) in [5, 5.41) is 22.7. The molecule has 0 saturated carbocycles. The first-order chi connectivity index (χ1) is 9.06. The number of para-hydroxylation sites is 2. The summed E-state index contributed by atoms with van der Waals surface area (Å²) in [6, 6.07) is 6.01. The predicted molar refractivity (Wildman–Crippen MR) is 68.8 cm³/mol. The van der Waals surface area contributed by atoms with Crippen LogP contribution in [-0.2, 0) is 4.79 Å². The Kier molecular flexibility index (Phi) is 4.08. The van der Waals surface area contributed by atoms with Crippen molar-refractivity contribution in [1.29, 1.82) is 0 Å². The monoisotopic (exact) mass is 265 g/mol. The molecular weight excluding hydrogens is 250 g/mol. The summed E-state index contributed by atoms with van der Waals surface area (Å²) >= 11 is 0. The highest BCUT2D eigenvalue weighted by Crippen LogP contribution is 2.23. The van der Waals surface area contributed by atoms with E-state index in [9.17, 15) is 20.0 Å². The second kappa shape index (κ2) is 5.77. The Morgan fingerprint density at radius 2 is 2.26 bits per heavy atom. The molecule has 2 rings (SSSR count). The maximum Gasteiger partial charge on any atom is 0.292 e. The first-order valence-corrected chi connectivity index (χ1v) is 6.00. The number of aliphatic hydroxyl groups is 1. The Morgan fingerprint density at radius 3 is 2.89 bits per heavy atom. The van der Waals surface area contributed by atoms with Crippen molar-refractivity contribution in [3.63, 3.8) is 0 Å². The number of amides is 1. The lowest BCUT2D eigenvalue weighted by Crippen LogP contribution is -2.32. The molecule has 7 heteroatoms. The SMILES string of the molecule is O=C(CN1CC[C@@H](O)C1)Nc1ccccc1[N+](=O)[O-]. The van der Waals surface area contributed by atoms with Crippen LogP contribution in [0.1, 0.15) is 6.42 Å². The topological polar surface area (TPSA) is 95.7 Å². The average molecular weight is 265 g/mol. The van der Waals surface area contributed by atoms with Crippen LogP contribution >= 0.6 is 0 Å². The fraction of sp³-hybridized carbons (Fsp3) is 0.417. The first-order valence-electron chi connectivity index (χ1n) is 6.00. The number of nitrogens with zero attached hydrogens (tertiary/aromatic N) is 2. The lowest BCUT2D eigenvalue weighted by Gasteiger charge is -2.14. The van der Waals surface area contributed by atoms with Crippen LogP contribution in [0.4, 0.5) is 11.4 Å². The lowest BCUT2D eigenvalue weighted by molar-refractivity contribution is -0.383. The minimum atomic E-state index is -0.533. The Bertz CT molecular complexity index is 492. The van der Waals surface area contributed by atoms with Gasteiger partial charge in [0.15, 0.2) is 0 Å². The van der Waals surface area contributed by atoms with Gasteiger partial charge in [-0.15, -0.1) is 0 Å². The van der Waals surface area contributed by atoms with Crippen LogP contribution in [-0.4, -0.2) is 46.6 Å². The number of anilines is 1. The molecule has 1 aromatic carbocycles. The molecule has 0 aromatic heterocycles. The molecule has 2 N–H and O–H groups in total. The molecule has 1 fully saturated rings. The molecule has 0 spiro atoms. The number of aliphatic hydroxyl groups excluding tert-OH is 1. The van der Waals surface area contributed by atoms with Crippen LogP contribution in [0, 0.1) is 10.1 Å². The standard InChI is InChI=1S/C12H15N3O4/c16-9-5-6-14(7-9)8-12(17)13-10-3-1-2-4-11(10)15(18)19/h1-4,9,16H,5-8H2,(H,13,17)/t9-/m1/s1. The van der Waals surface area contributed by atoms with Gasteiger partial charge in [0.25, 0.3) is 5.69 Å². The highest BCUT2D eigenvalue weighted by atomic mass is 16.6. The number of rotatable bonds is 4. The minimum absolute atomic E-state index is 0.127. The van der Waals surface area contributed by atoms with Gasteiger partial charge in [-0.2, -0.15) is 0 Å². The van der Waals surface area contributed by atoms with Gasteiger partial charge in [0, 0.05) is 19.2 Å². The van der Waals surface area contributed by atoms with E-state index in [1.165, 1.54) is 12.1 Å². The zero-order chi connectivity index (χ0) is 13.8. The summed E-state index contributed by atoms with van der Waals surface area (Å²) < 4.78 is 0. The third kappa shape index (κ3) is 3.49. The van der Waals surface area contributed by atoms with Crippen molar-refractivity contribution in [3.05, 3.63) is 34.4 Å². The van der Waals surface area contributed by atoms with E-state index < -0.39 is 4.92 Å². The largest absolute Gasteiger partial charge is 0.392 e. The van der Waals surface area contributed by atoms with E-state index in [0.717, 1.165) is 0 Å². The molecule has 7 nitrogen and oxygen atoms in total. The Balaban J connectivity index is 1.97. The van der Waals surface area contributed by atoms with Crippen molar-refractivity contribution < 1.29 is 14.8 Å². The number of nitro benzene ring substituents is 1. The van der Waals surface area contributed by atoms with Crippen molar-refractivity contribution in [2.24, 2.45) is 0 Å². The number of hydrogen-bond acceptors (Lipinski definition) is 5. The number of likely N-dealkylation sites (tertiary alicyclic amines) is 1. The molecule has 1 aliphatic rings. The predicted octanol–water partition coefficient (Wildman–Crippen LogP) is 0.600. The molecule has 0 bridgehead atoms. The van der Waals surface area contributed by atoms with Gasteiger partial charge < -0.3 is 10.4 Å². The maximum atomic E-state index is 11.8. The number of nitrogens with one attached hydrogen (secondary N) is 1. The van der Waals surface area contributed by atoms with E-state index in [-0.39, 0.29) is 29.9 Å². The zero-order valence-corrected chi connectivity index (χ0v) is 10.3. The number of carbonyl (C=O) groups is 1. The maximum absolute atomic E-state index is 11.8. The van der Waals surface area contributed by atoms with E-state index >= 15 is 0 Å². The van der Waals surface area contributed by atoms with Crippen molar-refractivity contribution in [3.8, 4) is 0 Å². The van der Waals surface area contributed by atoms with Crippen molar-refractivity contribution in [2.75, 3.05) is 25.0 Å². The second-order valence-electron chi connectivity index (χ2n) is 4.50. The van der Waals surface area contributed by atoms with Crippen molar-refractivity contribution in [1.82, 2.24) is 4.90 Å². The zero-order valence-electron chi connectivity index (χ0n) is 10.3. The first kappa shape index (κ1) is 13.4. The van der Waals surface area contributed by atoms with Crippen LogP contribution in [0.2, 0.25) is 0 Å². The fourth-order valence-corrected chi connectivity index (χ4v) is 2.09. The van der Waals surface area contributed by atoms with Crippen molar-refractivity contribution >= 4 is 17.3 Å². The smallest absolute Gasteiger partial charge is 0.292 e. The summed E-state index contributed by atoms with van der Waals surface area (Å²) in [6.07, 6.45) is 0.262. The molecule has 1 heterocycles. The normalized spacial score (nSPS) is 19.3. The molecule has 19 heavy (non-hydrogen) atoms. The summed E-state index contributed by atoms with van der Waals surface area (Å²) in [5.41, 5.74) is 0.0644. The third-order valence-corrected chi connectivity index (χ3v) is 2.99. The number of benzene rings is 1. The minimum Gasteiger partial charge on any atom is -0.392 e. The quantitative estimate of drug-likeness (QED) is 0.614. The van der Waals surface area contributed by atoms with E-state index in [2.05, 4.69) is 5.32 Å². The molecule has 0 unspecified atom stereocenters. The highest BCUT2D eigenvalue weighted by Gasteiger charge is 2.23. The summed E-state index contributed by atoms with van der Waals surface area (Å²) in [5.74, 6) is -0.316. The van der Waals surface area contributed by atoms with Gasteiger partial charge in [-0.3, -0.25) is 19.8 Å². The van der Waals surface area contributed by atoms with Gasteiger partial charge in [-0.1, -0.05) is 12.1 Å². The van der Waals surface area contributed by atoms with Crippen molar-refractivity contribution in [2.45, 2.75) is 12.5 Å². The van der Waals surface area contributed by atoms with Gasteiger partial charge in [-0.25, -0.2) is 0 Å². The Hall–Kier alpha value is -1.99. The average Bonchev–Trinajstić information content (AvgIpc) is 2.75. The molecule has 1 amide bonds. The Labute approximate surface area is 110 Å². The number of hydrogen-bond donors (Lipinski definition) is 2. The molecule has 0 aliphatic carbocycles. The Morgan fingerprint density at radius 1 is 1.53 bits per heavy atom. The molecule has 1 saturated heterocycles. The number of nitro groups is 1. The van der Waals surface area contributed by atoms with Gasteiger partial charge in [0.05, 0.1) is 17.6 Å². The third-order valence-electron chi connectivity index (χ3n) is 2.99. The summed E-state index contributed by atoms with van der Waals surface area (Å²) in [7, 11) is 0. The van der Waals surface area contributed by atoms with Crippen LogP contribution in [0.15, 0.2) is 24.3 Å². The van der Waals surface area contributed by atoms with E-state index in [0.29, 0.717) is 19.5 Å². The molecule has 1 aromatic rings. The molecule has 0 radical (unpaired) electrons. The lowest BCUT2D eigenvalue weighted by atomic mass is 10.2. The number of β-amino-alcohol motifs (C(OH)–C–C–N with tert-alkyl or cyclic N) is 1. The van der Waals surface area contributed by atoms with Gasteiger partial charge in [-0.05, 0) is 12.5 Å². The molecule has 1 atom stereocenters.